The molecule has 1 fully saturated rings. The summed E-state index contributed by atoms with van der Waals surface area (Å²) < 4.78 is 10.7. The van der Waals surface area contributed by atoms with Crippen LogP contribution in [0, 0.1) is 0 Å². The Morgan fingerprint density at radius 3 is 2.65 bits per heavy atom. The SMILES string of the molecule is O=C(NCc1ccc2c(c1)OCO2)N1CCN(c2cccc(Cl)c2)CC1. The molecule has 2 heterocycles. The van der Waals surface area contributed by atoms with Gasteiger partial charge in [0.1, 0.15) is 0 Å². The molecule has 0 aliphatic carbocycles. The molecular formula is C19H20ClN3O3. The molecule has 2 aromatic rings. The van der Waals surface area contributed by atoms with E-state index in [1.165, 1.54) is 0 Å². The molecule has 2 aliphatic heterocycles. The van der Waals surface area contributed by atoms with Crippen LogP contribution in [0.2, 0.25) is 5.02 Å². The number of hydrogen-bond acceptors (Lipinski definition) is 4. The van der Waals surface area contributed by atoms with Gasteiger partial charge in [-0.15, -0.1) is 0 Å². The van der Waals surface area contributed by atoms with Gasteiger partial charge < -0.3 is 24.6 Å². The highest BCUT2D eigenvalue weighted by Gasteiger charge is 2.21. The van der Waals surface area contributed by atoms with Gasteiger partial charge in [0.15, 0.2) is 11.5 Å². The molecule has 0 radical (unpaired) electrons. The molecule has 0 saturated carbocycles. The van der Waals surface area contributed by atoms with Crippen molar-refractivity contribution in [3.63, 3.8) is 0 Å². The zero-order valence-corrected chi connectivity index (χ0v) is 15.0. The molecular weight excluding hydrogens is 354 g/mol. The van der Waals surface area contributed by atoms with E-state index in [4.69, 9.17) is 21.1 Å². The van der Waals surface area contributed by atoms with Gasteiger partial charge in [-0.2, -0.15) is 0 Å². The molecule has 1 saturated heterocycles. The van der Waals surface area contributed by atoms with E-state index in [2.05, 4.69) is 10.2 Å². The number of nitrogens with one attached hydrogen (secondary N) is 1. The average molecular weight is 374 g/mol. The van der Waals surface area contributed by atoms with Crippen molar-refractivity contribution in [1.29, 1.82) is 0 Å². The molecule has 1 N–H and O–H groups in total. The quantitative estimate of drug-likeness (QED) is 0.898. The van der Waals surface area contributed by atoms with Crippen LogP contribution in [0.5, 0.6) is 11.5 Å². The van der Waals surface area contributed by atoms with E-state index >= 15 is 0 Å². The molecule has 0 unspecified atom stereocenters. The van der Waals surface area contributed by atoms with Gasteiger partial charge in [0.05, 0.1) is 0 Å². The van der Waals surface area contributed by atoms with Crippen LogP contribution in [0.25, 0.3) is 0 Å². The van der Waals surface area contributed by atoms with Crippen LogP contribution >= 0.6 is 11.6 Å². The summed E-state index contributed by atoms with van der Waals surface area (Å²) in [5.41, 5.74) is 2.08. The molecule has 0 bridgehead atoms. The summed E-state index contributed by atoms with van der Waals surface area (Å²) in [6, 6.07) is 13.5. The Morgan fingerprint density at radius 1 is 1.04 bits per heavy atom. The third kappa shape index (κ3) is 3.65. The van der Waals surface area contributed by atoms with Crippen molar-refractivity contribution in [2.24, 2.45) is 0 Å². The summed E-state index contributed by atoms with van der Waals surface area (Å²) in [5.74, 6) is 1.48. The highest BCUT2D eigenvalue weighted by molar-refractivity contribution is 6.30. The van der Waals surface area contributed by atoms with Crippen molar-refractivity contribution in [3.8, 4) is 11.5 Å². The lowest BCUT2D eigenvalue weighted by Gasteiger charge is -2.36. The Bertz CT molecular complexity index is 806. The number of fused-ring (bicyclic) bond motifs is 1. The molecule has 6 nitrogen and oxygen atoms in total. The lowest BCUT2D eigenvalue weighted by molar-refractivity contribution is 0.174. The second-order valence-electron chi connectivity index (χ2n) is 6.30. The van der Waals surface area contributed by atoms with Crippen LogP contribution in [0.4, 0.5) is 10.5 Å². The van der Waals surface area contributed by atoms with E-state index in [-0.39, 0.29) is 12.8 Å². The summed E-state index contributed by atoms with van der Waals surface area (Å²) in [6.07, 6.45) is 0. The Morgan fingerprint density at radius 2 is 1.85 bits per heavy atom. The molecule has 2 aliphatic rings. The van der Waals surface area contributed by atoms with Crippen molar-refractivity contribution in [1.82, 2.24) is 10.2 Å². The molecule has 2 amide bonds. The minimum Gasteiger partial charge on any atom is -0.454 e. The fourth-order valence-corrected chi connectivity index (χ4v) is 3.37. The number of hydrogen-bond donors (Lipinski definition) is 1. The maximum Gasteiger partial charge on any atom is 0.317 e. The maximum atomic E-state index is 12.4. The maximum absolute atomic E-state index is 12.4. The number of ether oxygens (including phenoxy) is 2. The Labute approximate surface area is 157 Å². The van der Waals surface area contributed by atoms with Crippen LogP contribution < -0.4 is 19.7 Å². The smallest absolute Gasteiger partial charge is 0.317 e. The van der Waals surface area contributed by atoms with E-state index in [0.717, 1.165) is 40.9 Å². The predicted octanol–water partition coefficient (Wildman–Crippen LogP) is 3.10. The van der Waals surface area contributed by atoms with E-state index in [9.17, 15) is 4.79 Å². The van der Waals surface area contributed by atoms with Gasteiger partial charge >= 0.3 is 6.03 Å². The van der Waals surface area contributed by atoms with Gasteiger partial charge in [-0.3, -0.25) is 0 Å². The minimum atomic E-state index is -0.0478. The number of piperazine rings is 1. The van der Waals surface area contributed by atoms with Crippen LogP contribution in [0.1, 0.15) is 5.56 Å². The lowest BCUT2D eigenvalue weighted by Crippen LogP contribution is -2.51. The van der Waals surface area contributed by atoms with E-state index in [1.807, 2.05) is 47.4 Å². The second kappa shape index (κ2) is 7.33. The first kappa shape index (κ1) is 16.8. The van der Waals surface area contributed by atoms with Gasteiger partial charge in [0, 0.05) is 43.4 Å². The van der Waals surface area contributed by atoms with E-state index in [1.54, 1.807) is 0 Å². The van der Waals surface area contributed by atoms with Crippen molar-refractivity contribution in [2.45, 2.75) is 6.54 Å². The van der Waals surface area contributed by atoms with Crippen LogP contribution in [0.15, 0.2) is 42.5 Å². The van der Waals surface area contributed by atoms with E-state index in [0.29, 0.717) is 19.6 Å². The van der Waals surface area contributed by atoms with Gasteiger partial charge in [-0.05, 0) is 35.9 Å². The fourth-order valence-electron chi connectivity index (χ4n) is 3.18. The Hall–Kier alpha value is -2.60. The second-order valence-corrected chi connectivity index (χ2v) is 6.74. The van der Waals surface area contributed by atoms with Crippen molar-refractivity contribution >= 4 is 23.3 Å². The number of nitrogens with zero attached hydrogens (tertiary/aromatic N) is 2. The van der Waals surface area contributed by atoms with Crippen LogP contribution in [-0.2, 0) is 6.54 Å². The monoisotopic (exact) mass is 373 g/mol. The highest BCUT2D eigenvalue weighted by atomic mass is 35.5. The minimum absolute atomic E-state index is 0.0478. The number of amides is 2. The third-order valence-electron chi connectivity index (χ3n) is 4.62. The summed E-state index contributed by atoms with van der Waals surface area (Å²) >= 11 is 6.06. The molecule has 0 aromatic heterocycles. The topological polar surface area (TPSA) is 54.0 Å². The molecule has 136 valence electrons. The molecule has 26 heavy (non-hydrogen) atoms. The summed E-state index contributed by atoms with van der Waals surface area (Å²) in [6.45, 7) is 3.65. The summed E-state index contributed by atoms with van der Waals surface area (Å²) in [5, 5.41) is 3.70. The summed E-state index contributed by atoms with van der Waals surface area (Å²) in [7, 11) is 0. The number of benzene rings is 2. The normalized spacial score (nSPS) is 15.9. The van der Waals surface area contributed by atoms with Crippen molar-refractivity contribution < 1.29 is 14.3 Å². The Kier molecular flexibility index (Phi) is 4.75. The molecule has 0 spiro atoms. The number of halogens is 1. The van der Waals surface area contributed by atoms with E-state index < -0.39 is 0 Å². The molecule has 0 atom stereocenters. The zero-order chi connectivity index (χ0) is 17.9. The number of carbonyl (C=O) groups is 1. The van der Waals surface area contributed by atoms with Crippen molar-refractivity contribution in [2.75, 3.05) is 37.9 Å². The standard InChI is InChI=1S/C19H20ClN3O3/c20-15-2-1-3-16(11-15)22-6-8-23(9-7-22)19(24)21-12-14-4-5-17-18(10-14)26-13-25-17/h1-5,10-11H,6-9,12-13H2,(H,21,24). The van der Waals surface area contributed by atoms with Gasteiger partial charge in [0.2, 0.25) is 6.79 Å². The number of rotatable bonds is 3. The first-order valence-electron chi connectivity index (χ1n) is 8.61. The first-order valence-corrected chi connectivity index (χ1v) is 8.99. The number of urea groups is 1. The van der Waals surface area contributed by atoms with Crippen LogP contribution in [-0.4, -0.2) is 43.9 Å². The number of carbonyl (C=O) groups excluding carboxylic acids is 1. The highest BCUT2D eigenvalue weighted by Crippen LogP contribution is 2.32. The Balaban J connectivity index is 1.28. The molecule has 2 aromatic carbocycles. The zero-order valence-electron chi connectivity index (χ0n) is 14.3. The lowest BCUT2D eigenvalue weighted by atomic mass is 10.2. The molecule has 4 rings (SSSR count). The molecule has 7 heteroatoms. The number of anilines is 1. The van der Waals surface area contributed by atoms with Gasteiger partial charge in [0.25, 0.3) is 0 Å². The average Bonchev–Trinajstić information content (AvgIpc) is 3.14. The van der Waals surface area contributed by atoms with Crippen LogP contribution in [0.3, 0.4) is 0 Å². The predicted molar refractivity (Wildman–Crippen MR) is 100 cm³/mol. The van der Waals surface area contributed by atoms with Gasteiger partial charge in [-0.1, -0.05) is 23.7 Å². The largest absolute Gasteiger partial charge is 0.454 e. The summed E-state index contributed by atoms with van der Waals surface area (Å²) in [4.78, 5) is 16.5. The van der Waals surface area contributed by atoms with Crippen molar-refractivity contribution in [3.05, 3.63) is 53.1 Å². The third-order valence-corrected chi connectivity index (χ3v) is 4.86. The fraction of sp³-hybridized carbons (Fsp3) is 0.316. The van der Waals surface area contributed by atoms with Gasteiger partial charge in [-0.25, -0.2) is 4.79 Å². The first-order chi connectivity index (χ1) is 12.7.